The fraction of sp³-hybridized carbons (Fsp3) is 0.600. The molecule has 0 saturated carbocycles. The minimum atomic E-state index is -1.95. The first kappa shape index (κ1) is 13.9. The Balaban J connectivity index is 2.39. The molecule has 106 valence electrons. The van der Waals surface area contributed by atoms with E-state index in [9.17, 15) is 19.4 Å². The van der Waals surface area contributed by atoms with E-state index in [0.29, 0.717) is 0 Å². The number of aliphatic hydroxyl groups is 3. The van der Waals surface area contributed by atoms with Crippen LogP contribution < -0.4 is 11.4 Å². The lowest BCUT2D eigenvalue weighted by Crippen LogP contribution is -2.48. The molecular weight excluding hydrogens is 261 g/mol. The van der Waals surface area contributed by atoms with Crippen LogP contribution in [0, 0.1) is 0 Å². The van der Waals surface area contributed by atoms with Gasteiger partial charge in [0.1, 0.15) is 24.7 Å². The number of aliphatic hydroxyl groups excluding tert-OH is 3. The minimum absolute atomic E-state index is 0.0202. The van der Waals surface area contributed by atoms with Crippen LogP contribution >= 0.6 is 0 Å². The number of halogens is 1. The smallest absolute Gasteiger partial charge is 0.351 e. The summed E-state index contributed by atoms with van der Waals surface area (Å²) in [4.78, 5) is 15.0. The molecule has 8 nitrogen and oxygen atoms in total. The molecule has 2 rings (SSSR count). The van der Waals surface area contributed by atoms with Crippen molar-refractivity contribution in [1.82, 2.24) is 9.55 Å². The highest BCUT2D eigenvalue weighted by Gasteiger charge is 2.55. The number of ether oxygens (including phenoxy) is 1. The number of hydrogen-bond acceptors (Lipinski definition) is 7. The molecule has 2 heterocycles. The Bertz CT molecular complexity index is 518. The SMILES string of the molecule is Nc1ccn(C2OC(CO)(CF)C(O)C2O)c(=O)n1. The molecule has 0 aliphatic carbocycles. The van der Waals surface area contributed by atoms with Gasteiger partial charge in [-0.3, -0.25) is 4.57 Å². The van der Waals surface area contributed by atoms with E-state index in [2.05, 4.69) is 4.98 Å². The van der Waals surface area contributed by atoms with Crippen LogP contribution in [0.4, 0.5) is 10.2 Å². The monoisotopic (exact) mass is 275 g/mol. The van der Waals surface area contributed by atoms with Crippen molar-refractivity contribution < 1.29 is 24.4 Å². The first-order valence-corrected chi connectivity index (χ1v) is 5.50. The lowest BCUT2D eigenvalue weighted by molar-refractivity contribution is -0.138. The van der Waals surface area contributed by atoms with Gasteiger partial charge < -0.3 is 25.8 Å². The van der Waals surface area contributed by atoms with Crippen LogP contribution in [-0.2, 0) is 4.74 Å². The summed E-state index contributed by atoms with van der Waals surface area (Å²) in [6.45, 7) is -2.05. The molecule has 4 unspecified atom stereocenters. The van der Waals surface area contributed by atoms with Crippen LogP contribution in [-0.4, -0.2) is 56.0 Å². The topological polar surface area (TPSA) is 131 Å². The third-order valence-corrected chi connectivity index (χ3v) is 3.13. The summed E-state index contributed by atoms with van der Waals surface area (Å²) in [6.07, 6.45) is -3.39. The number of alkyl halides is 1. The van der Waals surface area contributed by atoms with E-state index in [1.54, 1.807) is 0 Å². The van der Waals surface area contributed by atoms with Crippen molar-refractivity contribution in [2.24, 2.45) is 0 Å². The summed E-state index contributed by atoms with van der Waals surface area (Å²) in [5.41, 5.74) is 2.55. The molecule has 5 N–H and O–H groups in total. The molecule has 9 heteroatoms. The Morgan fingerprint density at radius 3 is 2.74 bits per heavy atom. The largest absolute Gasteiger partial charge is 0.393 e. The van der Waals surface area contributed by atoms with Gasteiger partial charge in [-0.1, -0.05) is 0 Å². The van der Waals surface area contributed by atoms with Gasteiger partial charge in [0.2, 0.25) is 0 Å². The lowest BCUT2D eigenvalue weighted by Gasteiger charge is -2.26. The predicted molar refractivity (Wildman–Crippen MR) is 60.8 cm³/mol. The molecule has 1 aliphatic heterocycles. The highest BCUT2D eigenvalue weighted by atomic mass is 19.1. The Morgan fingerprint density at radius 1 is 1.58 bits per heavy atom. The predicted octanol–water partition coefficient (Wildman–Crippen LogP) is -2.22. The van der Waals surface area contributed by atoms with Crippen LogP contribution in [0.25, 0.3) is 0 Å². The fourth-order valence-electron chi connectivity index (χ4n) is 1.97. The molecule has 1 aromatic rings. The summed E-state index contributed by atoms with van der Waals surface area (Å²) in [5.74, 6) is -0.0202. The second-order valence-electron chi connectivity index (χ2n) is 4.34. The Labute approximate surface area is 106 Å². The fourth-order valence-corrected chi connectivity index (χ4v) is 1.97. The Morgan fingerprint density at radius 2 is 2.26 bits per heavy atom. The maximum atomic E-state index is 13.0. The zero-order valence-electron chi connectivity index (χ0n) is 9.81. The number of nitrogens with two attached hydrogens (primary N) is 1. The molecule has 0 bridgehead atoms. The molecule has 19 heavy (non-hydrogen) atoms. The number of nitrogens with zero attached hydrogens (tertiary/aromatic N) is 2. The van der Waals surface area contributed by atoms with Crippen molar-refractivity contribution in [2.45, 2.75) is 24.0 Å². The molecule has 0 radical (unpaired) electrons. The summed E-state index contributed by atoms with van der Waals surface area (Å²) < 4.78 is 19.0. The number of hydrogen-bond donors (Lipinski definition) is 4. The average Bonchev–Trinajstić information content (AvgIpc) is 2.64. The van der Waals surface area contributed by atoms with Crippen LogP contribution in [0.1, 0.15) is 6.23 Å². The summed E-state index contributed by atoms with van der Waals surface area (Å²) in [7, 11) is 0. The summed E-state index contributed by atoms with van der Waals surface area (Å²) in [6, 6.07) is 1.29. The summed E-state index contributed by atoms with van der Waals surface area (Å²) >= 11 is 0. The maximum Gasteiger partial charge on any atom is 0.351 e. The van der Waals surface area contributed by atoms with E-state index in [4.69, 9.17) is 15.6 Å². The molecule has 1 aromatic heterocycles. The second kappa shape index (κ2) is 4.85. The molecule has 0 spiro atoms. The van der Waals surface area contributed by atoms with Crippen LogP contribution in [0.2, 0.25) is 0 Å². The van der Waals surface area contributed by atoms with Crippen LogP contribution in [0.15, 0.2) is 17.1 Å². The van der Waals surface area contributed by atoms with Gasteiger partial charge in [0.25, 0.3) is 0 Å². The number of rotatable bonds is 3. The van der Waals surface area contributed by atoms with Gasteiger partial charge in [0.15, 0.2) is 11.8 Å². The molecule has 0 aromatic carbocycles. The molecule has 1 saturated heterocycles. The number of anilines is 1. The van der Waals surface area contributed by atoms with E-state index in [0.717, 1.165) is 4.57 Å². The minimum Gasteiger partial charge on any atom is -0.393 e. The number of nitrogen functional groups attached to an aromatic ring is 1. The molecule has 4 atom stereocenters. The van der Waals surface area contributed by atoms with E-state index in [-0.39, 0.29) is 5.82 Å². The van der Waals surface area contributed by atoms with Gasteiger partial charge in [-0.25, -0.2) is 9.18 Å². The van der Waals surface area contributed by atoms with Crippen molar-refractivity contribution in [3.05, 3.63) is 22.7 Å². The van der Waals surface area contributed by atoms with Gasteiger partial charge in [0, 0.05) is 6.20 Å². The van der Waals surface area contributed by atoms with Gasteiger partial charge >= 0.3 is 5.69 Å². The van der Waals surface area contributed by atoms with Gasteiger partial charge in [-0.15, -0.1) is 0 Å². The van der Waals surface area contributed by atoms with E-state index >= 15 is 0 Å². The normalized spacial score (nSPS) is 34.6. The van der Waals surface area contributed by atoms with Gasteiger partial charge in [-0.2, -0.15) is 4.98 Å². The Hall–Kier alpha value is -1.55. The van der Waals surface area contributed by atoms with E-state index < -0.39 is 43.0 Å². The molecule has 0 amide bonds. The first-order chi connectivity index (χ1) is 8.95. The van der Waals surface area contributed by atoms with Gasteiger partial charge in [-0.05, 0) is 6.07 Å². The average molecular weight is 275 g/mol. The third-order valence-electron chi connectivity index (χ3n) is 3.13. The molecule has 1 aliphatic rings. The van der Waals surface area contributed by atoms with Crippen LogP contribution in [0.3, 0.4) is 0 Å². The van der Waals surface area contributed by atoms with Crippen molar-refractivity contribution in [3.8, 4) is 0 Å². The Kier molecular flexibility index (Phi) is 3.54. The third kappa shape index (κ3) is 2.10. The second-order valence-corrected chi connectivity index (χ2v) is 4.34. The number of aromatic nitrogens is 2. The lowest BCUT2D eigenvalue weighted by atomic mass is 9.98. The van der Waals surface area contributed by atoms with Crippen molar-refractivity contribution in [2.75, 3.05) is 19.0 Å². The van der Waals surface area contributed by atoms with E-state index in [1.165, 1.54) is 12.3 Å². The molecule has 1 fully saturated rings. The van der Waals surface area contributed by atoms with E-state index in [1.807, 2.05) is 0 Å². The standard InChI is InChI=1S/C10H14FN3O5/c11-3-10(4-15)7(17)6(16)8(19-10)14-2-1-5(12)13-9(14)18/h1-2,6-8,15-17H,3-4H2,(H2,12,13,18). The maximum absolute atomic E-state index is 13.0. The first-order valence-electron chi connectivity index (χ1n) is 5.50. The van der Waals surface area contributed by atoms with Crippen molar-refractivity contribution >= 4 is 5.82 Å². The highest BCUT2D eigenvalue weighted by molar-refractivity contribution is 5.23. The molecular formula is C10H14FN3O5. The van der Waals surface area contributed by atoms with Crippen molar-refractivity contribution in [3.63, 3.8) is 0 Å². The zero-order chi connectivity index (χ0) is 14.2. The quantitative estimate of drug-likeness (QED) is 0.491. The van der Waals surface area contributed by atoms with Crippen molar-refractivity contribution in [1.29, 1.82) is 0 Å². The zero-order valence-corrected chi connectivity index (χ0v) is 9.81. The van der Waals surface area contributed by atoms with Crippen LogP contribution in [0.5, 0.6) is 0 Å². The summed E-state index contributed by atoms with van der Waals surface area (Å²) in [5, 5.41) is 28.7. The highest BCUT2D eigenvalue weighted by Crippen LogP contribution is 2.36. The van der Waals surface area contributed by atoms with Gasteiger partial charge in [0.05, 0.1) is 6.61 Å².